The zero-order chi connectivity index (χ0) is 13.2. The molecule has 1 aliphatic heterocycles. The Morgan fingerprint density at radius 1 is 1.33 bits per heavy atom. The minimum Gasteiger partial charge on any atom is -0.371 e. The summed E-state index contributed by atoms with van der Waals surface area (Å²) in [7, 11) is 0. The number of anilines is 1. The highest BCUT2D eigenvalue weighted by Crippen LogP contribution is 2.37. The topological polar surface area (TPSA) is 29.3 Å². The van der Waals surface area contributed by atoms with Crippen LogP contribution >= 0.6 is 11.6 Å². The molecule has 3 heteroatoms. The molecule has 1 aliphatic rings. The van der Waals surface area contributed by atoms with Crippen LogP contribution in [0.25, 0.3) is 0 Å². The highest BCUT2D eigenvalue weighted by atomic mass is 35.5. The summed E-state index contributed by atoms with van der Waals surface area (Å²) in [6.45, 7) is 7.48. The molecule has 2 rings (SSSR count). The van der Waals surface area contributed by atoms with Gasteiger partial charge in [0.1, 0.15) is 0 Å². The van der Waals surface area contributed by atoms with Crippen LogP contribution in [0, 0.1) is 5.41 Å². The van der Waals surface area contributed by atoms with Gasteiger partial charge in [-0.1, -0.05) is 37.9 Å². The van der Waals surface area contributed by atoms with Gasteiger partial charge in [-0.05, 0) is 36.0 Å². The number of rotatable bonds is 3. The third-order valence-corrected chi connectivity index (χ3v) is 4.67. The summed E-state index contributed by atoms with van der Waals surface area (Å²) in [6, 6.07) is 6.02. The largest absolute Gasteiger partial charge is 0.371 e. The average Bonchev–Trinajstić information content (AvgIpc) is 2.39. The fourth-order valence-corrected chi connectivity index (χ4v) is 2.81. The predicted molar refractivity (Wildman–Crippen MR) is 79.2 cm³/mol. The first kappa shape index (κ1) is 13.7. The van der Waals surface area contributed by atoms with Crippen molar-refractivity contribution in [3.63, 3.8) is 0 Å². The third-order valence-electron chi connectivity index (χ3n) is 4.43. The SMILES string of the molecule is CCC1(C)CCN(c2cc(Cl)ccc2CN)CC1. The van der Waals surface area contributed by atoms with Crippen molar-refractivity contribution in [3.05, 3.63) is 28.8 Å². The van der Waals surface area contributed by atoms with E-state index >= 15 is 0 Å². The zero-order valence-electron chi connectivity index (χ0n) is 11.4. The molecule has 1 fully saturated rings. The van der Waals surface area contributed by atoms with Crippen molar-refractivity contribution < 1.29 is 0 Å². The number of benzene rings is 1. The van der Waals surface area contributed by atoms with Crippen LogP contribution in [0.4, 0.5) is 5.69 Å². The van der Waals surface area contributed by atoms with Gasteiger partial charge in [-0.15, -0.1) is 0 Å². The Morgan fingerprint density at radius 3 is 2.56 bits per heavy atom. The molecule has 0 amide bonds. The van der Waals surface area contributed by atoms with E-state index in [1.165, 1.54) is 30.5 Å². The van der Waals surface area contributed by atoms with E-state index in [-0.39, 0.29) is 0 Å². The van der Waals surface area contributed by atoms with E-state index in [0.29, 0.717) is 12.0 Å². The summed E-state index contributed by atoms with van der Waals surface area (Å²) < 4.78 is 0. The van der Waals surface area contributed by atoms with Crippen LogP contribution in [-0.2, 0) is 6.54 Å². The lowest BCUT2D eigenvalue weighted by atomic mass is 9.78. The first-order chi connectivity index (χ1) is 8.58. The molecular formula is C15H23ClN2. The average molecular weight is 267 g/mol. The maximum absolute atomic E-state index is 6.11. The molecular weight excluding hydrogens is 244 g/mol. The summed E-state index contributed by atoms with van der Waals surface area (Å²) in [5.41, 5.74) is 8.75. The number of nitrogens with zero attached hydrogens (tertiary/aromatic N) is 1. The van der Waals surface area contributed by atoms with Crippen LogP contribution in [0.1, 0.15) is 38.7 Å². The predicted octanol–water partition coefficient (Wildman–Crippen LogP) is 3.82. The number of hydrogen-bond donors (Lipinski definition) is 1. The zero-order valence-corrected chi connectivity index (χ0v) is 12.1. The highest BCUT2D eigenvalue weighted by Gasteiger charge is 2.28. The van der Waals surface area contributed by atoms with Gasteiger partial charge in [0.15, 0.2) is 0 Å². The second-order valence-electron chi connectivity index (χ2n) is 5.63. The molecule has 100 valence electrons. The van der Waals surface area contributed by atoms with Gasteiger partial charge in [-0.2, -0.15) is 0 Å². The Balaban J connectivity index is 2.16. The van der Waals surface area contributed by atoms with E-state index in [9.17, 15) is 0 Å². The molecule has 1 saturated heterocycles. The van der Waals surface area contributed by atoms with E-state index in [2.05, 4.69) is 24.8 Å². The summed E-state index contributed by atoms with van der Waals surface area (Å²) >= 11 is 6.11. The summed E-state index contributed by atoms with van der Waals surface area (Å²) in [5, 5.41) is 0.797. The smallest absolute Gasteiger partial charge is 0.0426 e. The Labute approximate surface area is 115 Å². The Bertz CT molecular complexity index is 409. The minimum atomic E-state index is 0.512. The normalized spacial score (nSPS) is 19.0. The summed E-state index contributed by atoms with van der Waals surface area (Å²) in [4.78, 5) is 2.44. The molecule has 0 saturated carbocycles. The van der Waals surface area contributed by atoms with Crippen LogP contribution in [0.15, 0.2) is 18.2 Å². The van der Waals surface area contributed by atoms with E-state index < -0.39 is 0 Å². The maximum Gasteiger partial charge on any atom is 0.0426 e. The lowest BCUT2D eigenvalue weighted by Crippen LogP contribution is -2.39. The van der Waals surface area contributed by atoms with Crippen molar-refractivity contribution in [1.29, 1.82) is 0 Å². The van der Waals surface area contributed by atoms with Gasteiger partial charge in [-0.3, -0.25) is 0 Å². The molecule has 18 heavy (non-hydrogen) atoms. The molecule has 0 radical (unpaired) electrons. The number of hydrogen-bond acceptors (Lipinski definition) is 2. The molecule has 1 aromatic rings. The quantitative estimate of drug-likeness (QED) is 0.901. The van der Waals surface area contributed by atoms with Crippen LogP contribution in [0.2, 0.25) is 5.02 Å². The molecule has 2 N–H and O–H groups in total. The van der Waals surface area contributed by atoms with Crippen LogP contribution in [-0.4, -0.2) is 13.1 Å². The molecule has 0 atom stereocenters. The fraction of sp³-hybridized carbons (Fsp3) is 0.600. The summed E-state index contributed by atoms with van der Waals surface area (Å²) in [5.74, 6) is 0. The van der Waals surface area contributed by atoms with Gasteiger partial charge < -0.3 is 10.6 Å². The number of nitrogens with two attached hydrogens (primary N) is 1. The first-order valence-electron chi connectivity index (χ1n) is 6.81. The van der Waals surface area contributed by atoms with E-state index in [1.54, 1.807) is 0 Å². The van der Waals surface area contributed by atoms with Crippen molar-refractivity contribution in [3.8, 4) is 0 Å². The Morgan fingerprint density at radius 2 is 2.00 bits per heavy atom. The lowest BCUT2D eigenvalue weighted by Gasteiger charge is -2.40. The van der Waals surface area contributed by atoms with Crippen molar-refractivity contribution in [1.82, 2.24) is 0 Å². The summed E-state index contributed by atoms with van der Waals surface area (Å²) in [6.07, 6.45) is 3.76. The van der Waals surface area contributed by atoms with Gasteiger partial charge in [-0.25, -0.2) is 0 Å². The molecule has 0 unspecified atom stereocenters. The van der Waals surface area contributed by atoms with E-state index in [4.69, 9.17) is 17.3 Å². The van der Waals surface area contributed by atoms with Gasteiger partial charge >= 0.3 is 0 Å². The van der Waals surface area contributed by atoms with Crippen LogP contribution in [0.3, 0.4) is 0 Å². The van der Waals surface area contributed by atoms with Crippen molar-refractivity contribution in [2.45, 2.75) is 39.7 Å². The molecule has 0 spiro atoms. The molecule has 0 bridgehead atoms. The van der Waals surface area contributed by atoms with Crippen molar-refractivity contribution in [2.75, 3.05) is 18.0 Å². The first-order valence-corrected chi connectivity index (χ1v) is 7.19. The van der Waals surface area contributed by atoms with E-state index in [1.807, 2.05) is 12.1 Å². The Hall–Kier alpha value is -0.730. The third kappa shape index (κ3) is 2.81. The minimum absolute atomic E-state index is 0.512. The maximum atomic E-state index is 6.11. The molecule has 1 heterocycles. The fourth-order valence-electron chi connectivity index (χ4n) is 2.65. The molecule has 2 nitrogen and oxygen atoms in total. The number of piperidine rings is 1. The van der Waals surface area contributed by atoms with Gasteiger partial charge in [0.05, 0.1) is 0 Å². The van der Waals surface area contributed by atoms with Crippen LogP contribution < -0.4 is 10.6 Å². The standard InChI is InChI=1S/C15H23ClN2/c1-3-15(2)6-8-18(9-7-15)14-10-13(16)5-4-12(14)11-17/h4-5,10H,3,6-9,11,17H2,1-2H3. The van der Waals surface area contributed by atoms with Crippen LogP contribution in [0.5, 0.6) is 0 Å². The van der Waals surface area contributed by atoms with Gasteiger partial charge in [0.25, 0.3) is 0 Å². The van der Waals surface area contributed by atoms with Crippen molar-refractivity contribution in [2.24, 2.45) is 11.1 Å². The Kier molecular flexibility index (Phi) is 4.18. The highest BCUT2D eigenvalue weighted by molar-refractivity contribution is 6.30. The molecule has 0 aliphatic carbocycles. The monoisotopic (exact) mass is 266 g/mol. The van der Waals surface area contributed by atoms with Crippen molar-refractivity contribution >= 4 is 17.3 Å². The van der Waals surface area contributed by atoms with E-state index in [0.717, 1.165) is 18.1 Å². The second-order valence-corrected chi connectivity index (χ2v) is 6.06. The molecule has 0 aromatic heterocycles. The number of halogens is 1. The lowest BCUT2D eigenvalue weighted by molar-refractivity contribution is 0.238. The van der Waals surface area contributed by atoms with Gasteiger partial charge in [0.2, 0.25) is 0 Å². The van der Waals surface area contributed by atoms with Gasteiger partial charge in [0, 0.05) is 30.3 Å². The molecule has 1 aromatic carbocycles. The second kappa shape index (κ2) is 5.50.